The molecule has 1 aromatic rings. The van der Waals surface area contributed by atoms with Crippen molar-refractivity contribution >= 4 is 11.8 Å². The smallest absolute Gasteiger partial charge is 0.138 e. The molecule has 1 aromatic heterocycles. The fourth-order valence-corrected chi connectivity index (χ4v) is 2.39. The number of fused-ring (bicyclic) bond motifs is 1. The molecule has 15 heavy (non-hydrogen) atoms. The molecule has 2 rings (SSSR count). The molecule has 0 amide bonds. The average Bonchev–Trinajstić information content (AvgIpc) is 2.41. The van der Waals surface area contributed by atoms with Gasteiger partial charge in [0.1, 0.15) is 5.82 Å². The van der Waals surface area contributed by atoms with Crippen molar-refractivity contribution in [2.24, 2.45) is 5.73 Å². The number of nitrogens with two attached hydrogens (primary N) is 1. The van der Waals surface area contributed by atoms with E-state index in [2.05, 4.69) is 16.2 Å². The number of hydrogen-bond donors (Lipinski definition) is 1. The van der Waals surface area contributed by atoms with Gasteiger partial charge in [0.15, 0.2) is 0 Å². The standard InChI is InChI=1S/C11H17N3S/c1-15-7-11-13-6-8-9(12)4-2-3-5-10(8)14-11/h6,9H,2-5,7,12H2,1H3. The van der Waals surface area contributed by atoms with Crippen LogP contribution in [0.1, 0.15) is 42.4 Å². The molecular formula is C11H17N3S. The molecule has 1 atom stereocenters. The lowest BCUT2D eigenvalue weighted by Gasteiger charge is -2.11. The Bertz CT molecular complexity index is 341. The van der Waals surface area contributed by atoms with Crippen LogP contribution in [0.2, 0.25) is 0 Å². The van der Waals surface area contributed by atoms with Crippen LogP contribution in [-0.4, -0.2) is 16.2 Å². The summed E-state index contributed by atoms with van der Waals surface area (Å²) in [6.45, 7) is 0. The van der Waals surface area contributed by atoms with Gasteiger partial charge >= 0.3 is 0 Å². The summed E-state index contributed by atoms with van der Waals surface area (Å²) in [6, 6.07) is 0.144. The average molecular weight is 223 g/mol. The van der Waals surface area contributed by atoms with Gasteiger partial charge in [-0.1, -0.05) is 6.42 Å². The molecule has 0 saturated heterocycles. The summed E-state index contributed by atoms with van der Waals surface area (Å²) < 4.78 is 0. The zero-order valence-electron chi connectivity index (χ0n) is 9.07. The molecule has 1 aliphatic carbocycles. The first-order valence-corrected chi connectivity index (χ1v) is 6.80. The minimum atomic E-state index is 0.144. The Morgan fingerprint density at radius 2 is 2.40 bits per heavy atom. The van der Waals surface area contributed by atoms with Crippen molar-refractivity contribution in [1.29, 1.82) is 0 Å². The Balaban J connectivity index is 2.29. The fraction of sp³-hybridized carbons (Fsp3) is 0.636. The van der Waals surface area contributed by atoms with E-state index in [9.17, 15) is 0 Å². The first-order chi connectivity index (χ1) is 7.31. The van der Waals surface area contributed by atoms with Gasteiger partial charge in [-0.3, -0.25) is 0 Å². The van der Waals surface area contributed by atoms with E-state index in [-0.39, 0.29) is 6.04 Å². The Morgan fingerprint density at radius 1 is 1.53 bits per heavy atom. The highest BCUT2D eigenvalue weighted by Gasteiger charge is 2.17. The summed E-state index contributed by atoms with van der Waals surface area (Å²) in [7, 11) is 0. The molecule has 4 heteroatoms. The SMILES string of the molecule is CSCc1ncc2c(n1)CCCCC2N. The molecule has 2 N–H and O–H groups in total. The Kier molecular flexibility index (Phi) is 3.59. The quantitative estimate of drug-likeness (QED) is 0.780. The molecule has 1 unspecified atom stereocenters. The maximum Gasteiger partial charge on any atom is 0.138 e. The number of aryl methyl sites for hydroxylation is 1. The van der Waals surface area contributed by atoms with Gasteiger partial charge in [-0.05, 0) is 25.5 Å². The summed E-state index contributed by atoms with van der Waals surface area (Å²) in [5.41, 5.74) is 8.43. The number of thioether (sulfide) groups is 1. The summed E-state index contributed by atoms with van der Waals surface area (Å²) in [6.07, 6.45) is 8.54. The lowest BCUT2D eigenvalue weighted by molar-refractivity contribution is 0.614. The lowest BCUT2D eigenvalue weighted by Crippen LogP contribution is -2.13. The van der Waals surface area contributed by atoms with Gasteiger partial charge in [0.2, 0.25) is 0 Å². The Morgan fingerprint density at radius 3 is 3.20 bits per heavy atom. The van der Waals surface area contributed by atoms with Crippen molar-refractivity contribution in [3.8, 4) is 0 Å². The summed E-state index contributed by atoms with van der Waals surface area (Å²) in [5.74, 6) is 1.83. The largest absolute Gasteiger partial charge is 0.324 e. The van der Waals surface area contributed by atoms with E-state index >= 15 is 0 Å². The second kappa shape index (κ2) is 4.94. The van der Waals surface area contributed by atoms with E-state index in [1.165, 1.54) is 18.5 Å². The summed E-state index contributed by atoms with van der Waals surface area (Å²) >= 11 is 1.76. The second-order valence-corrected chi connectivity index (χ2v) is 4.84. The first-order valence-electron chi connectivity index (χ1n) is 5.40. The zero-order valence-corrected chi connectivity index (χ0v) is 9.89. The van der Waals surface area contributed by atoms with Crippen LogP contribution in [0.15, 0.2) is 6.20 Å². The van der Waals surface area contributed by atoms with Gasteiger partial charge in [-0.25, -0.2) is 9.97 Å². The van der Waals surface area contributed by atoms with Gasteiger partial charge < -0.3 is 5.73 Å². The zero-order chi connectivity index (χ0) is 10.7. The third-order valence-electron chi connectivity index (χ3n) is 2.80. The third kappa shape index (κ3) is 2.49. The Labute approximate surface area is 94.9 Å². The molecule has 0 aromatic carbocycles. The maximum atomic E-state index is 6.09. The van der Waals surface area contributed by atoms with Gasteiger partial charge in [-0.2, -0.15) is 11.8 Å². The number of hydrogen-bond acceptors (Lipinski definition) is 4. The van der Waals surface area contributed by atoms with Crippen molar-refractivity contribution in [2.45, 2.75) is 37.5 Å². The van der Waals surface area contributed by atoms with Gasteiger partial charge in [0, 0.05) is 23.5 Å². The molecule has 0 spiro atoms. The van der Waals surface area contributed by atoms with Crippen LogP contribution in [0, 0.1) is 0 Å². The van der Waals surface area contributed by atoms with Crippen LogP contribution in [0.3, 0.4) is 0 Å². The highest BCUT2D eigenvalue weighted by atomic mass is 32.2. The van der Waals surface area contributed by atoms with Crippen molar-refractivity contribution < 1.29 is 0 Å². The molecule has 0 saturated carbocycles. The van der Waals surface area contributed by atoms with Crippen LogP contribution in [0.25, 0.3) is 0 Å². The second-order valence-electron chi connectivity index (χ2n) is 3.97. The predicted octanol–water partition coefficient (Wildman–Crippen LogP) is 2.07. The van der Waals surface area contributed by atoms with Crippen molar-refractivity contribution in [1.82, 2.24) is 9.97 Å². The predicted molar refractivity (Wildman–Crippen MR) is 63.7 cm³/mol. The molecule has 0 bridgehead atoms. The third-order valence-corrected chi connectivity index (χ3v) is 3.35. The fourth-order valence-electron chi connectivity index (χ4n) is 1.99. The molecule has 82 valence electrons. The van der Waals surface area contributed by atoms with Crippen LogP contribution in [-0.2, 0) is 12.2 Å². The van der Waals surface area contributed by atoms with E-state index in [1.807, 2.05) is 6.20 Å². The van der Waals surface area contributed by atoms with Crippen molar-refractivity contribution in [3.63, 3.8) is 0 Å². The van der Waals surface area contributed by atoms with E-state index in [0.29, 0.717) is 0 Å². The monoisotopic (exact) mass is 223 g/mol. The normalized spacial score (nSPS) is 20.8. The number of nitrogens with zero attached hydrogens (tertiary/aromatic N) is 2. The summed E-state index contributed by atoms with van der Waals surface area (Å²) in [4.78, 5) is 8.96. The topological polar surface area (TPSA) is 51.8 Å². The number of aromatic nitrogens is 2. The van der Waals surface area contributed by atoms with Gasteiger partial charge in [0.05, 0.1) is 5.75 Å². The molecular weight excluding hydrogens is 206 g/mol. The van der Waals surface area contributed by atoms with E-state index in [4.69, 9.17) is 5.73 Å². The van der Waals surface area contributed by atoms with Crippen LogP contribution in [0.4, 0.5) is 0 Å². The van der Waals surface area contributed by atoms with Crippen LogP contribution in [0.5, 0.6) is 0 Å². The Hall–Kier alpha value is -0.610. The van der Waals surface area contributed by atoms with E-state index < -0.39 is 0 Å². The molecule has 0 aliphatic heterocycles. The van der Waals surface area contributed by atoms with E-state index in [0.717, 1.165) is 30.0 Å². The number of rotatable bonds is 2. The van der Waals surface area contributed by atoms with Crippen molar-refractivity contribution in [2.75, 3.05) is 6.26 Å². The highest BCUT2D eigenvalue weighted by molar-refractivity contribution is 7.97. The molecule has 0 fully saturated rings. The minimum Gasteiger partial charge on any atom is -0.324 e. The highest BCUT2D eigenvalue weighted by Crippen LogP contribution is 2.25. The minimum absolute atomic E-state index is 0.144. The molecule has 3 nitrogen and oxygen atoms in total. The lowest BCUT2D eigenvalue weighted by atomic mass is 10.1. The van der Waals surface area contributed by atoms with Crippen LogP contribution >= 0.6 is 11.8 Å². The molecule has 1 heterocycles. The van der Waals surface area contributed by atoms with Gasteiger partial charge in [0.25, 0.3) is 0 Å². The summed E-state index contributed by atoms with van der Waals surface area (Å²) in [5, 5.41) is 0. The van der Waals surface area contributed by atoms with E-state index in [1.54, 1.807) is 11.8 Å². The first kappa shape index (κ1) is 10.9. The van der Waals surface area contributed by atoms with Crippen molar-refractivity contribution in [3.05, 3.63) is 23.3 Å². The maximum absolute atomic E-state index is 6.09. The van der Waals surface area contributed by atoms with Gasteiger partial charge in [-0.15, -0.1) is 0 Å². The van der Waals surface area contributed by atoms with Crippen LogP contribution < -0.4 is 5.73 Å². The molecule has 1 aliphatic rings. The molecule has 0 radical (unpaired) electrons.